The third-order valence-corrected chi connectivity index (χ3v) is 3.95. The molecule has 1 aromatic heterocycles. The Morgan fingerprint density at radius 1 is 1.30 bits per heavy atom. The first-order valence-corrected chi connectivity index (χ1v) is 7.23. The summed E-state index contributed by atoms with van der Waals surface area (Å²) in [6.07, 6.45) is 0.343. The Kier molecular flexibility index (Phi) is 4.39. The lowest BCUT2D eigenvalue weighted by Crippen LogP contribution is -2.15. The number of hydrogen-bond acceptors (Lipinski definition) is 4. The summed E-state index contributed by atoms with van der Waals surface area (Å²) in [6, 6.07) is 3.96. The van der Waals surface area contributed by atoms with E-state index in [9.17, 15) is 4.79 Å². The average Bonchev–Trinajstić information content (AvgIpc) is 2.78. The minimum absolute atomic E-state index is 0.0491. The molecule has 0 radical (unpaired) electrons. The zero-order valence-electron chi connectivity index (χ0n) is 12.1. The summed E-state index contributed by atoms with van der Waals surface area (Å²) in [4.78, 5) is 16.3. The predicted molar refractivity (Wildman–Crippen MR) is 81.7 cm³/mol. The number of hydrogen-bond donors (Lipinski definition) is 1. The molecular weight excluding hydrogens is 272 g/mol. The van der Waals surface area contributed by atoms with E-state index in [4.69, 9.17) is 4.74 Å². The molecule has 5 heteroatoms. The molecule has 106 valence electrons. The van der Waals surface area contributed by atoms with Crippen LogP contribution in [0.2, 0.25) is 0 Å². The molecule has 1 amide bonds. The molecule has 0 aliphatic heterocycles. The second-order valence-corrected chi connectivity index (χ2v) is 5.63. The van der Waals surface area contributed by atoms with Crippen LogP contribution in [-0.4, -0.2) is 18.0 Å². The number of nitrogens with zero attached hydrogens (tertiary/aromatic N) is 1. The number of rotatable bonds is 4. The number of carbonyl (C=O) groups is 1. The summed E-state index contributed by atoms with van der Waals surface area (Å²) in [7, 11) is 1.65. The van der Waals surface area contributed by atoms with Crippen LogP contribution < -0.4 is 10.1 Å². The number of aromatic nitrogens is 1. The van der Waals surface area contributed by atoms with Crippen LogP contribution in [-0.2, 0) is 11.2 Å². The second kappa shape index (κ2) is 6.05. The molecule has 0 saturated carbocycles. The first-order chi connectivity index (χ1) is 9.49. The normalized spacial score (nSPS) is 10.4. The largest absolute Gasteiger partial charge is 0.496 e. The first-order valence-electron chi connectivity index (χ1n) is 6.35. The molecule has 0 atom stereocenters. The minimum Gasteiger partial charge on any atom is -0.496 e. The molecule has 0 aliphatic carbocycles. The van der Waals surface area contributed by atoms with Crippen LogP contribution in [0.3, 0.4) is 0 Å². The van der Waals surface area contributed by atoms with Gasteiger partial charge in [-0.05, 0) is 43.5 Å². The third-order valence-electron chi connectivity index (χ3n) is 3.07. The maximum Gasteiger partial charge on any atom is 0.230 e. The van der Waals surface area contributed by atoms with Gasteiger partial charge in [0, 0.05) is 5.38 Å². The summed E-state index contributed by atoms with van der Waals surface area (Å²) >= 11 is 1.44. The fraction of sp³-hybridized carbons (Fsp3) is 0.333. The van der Waals surface area contributed by atoms with Gasteiger partial charge in [-0.1, -0.05) is 6.07 Å². The van der Waals surface area contributed by atoms with Crippen molar-refractivity contribution in [3.8, 4) is 5.75 Å². The topological polar surface area (TPSA) is 51.2 Å². The Balaban J connectivity index is 2.09. The van der Waals surface area contributed by atoms with Crippen molar-refractivity contribution >= 4 is 22.4 Å². The molecule has 0 fully saturated rings. The number of amides is 1. The summed E-state index contributed by atoms with van der Waals surface area (Å²) in [6.45, 7) is 5.87. The third kappa shape index (κ3) is 3.36. The molecule has 1 heterocycles. The minimum atomic E-state index is -0.0491. The van der Waals surface area contributed by atoms with Gasteiger partial charge in [0.2, 0.25) is 5.91 Å². The van der Waals surface area contributed by atoms with Crippen molar-refractivity contribution in [3.63, 3.8) is 0 Å². The van der Waals surface area contributed by atoms with Crippen LogP contribution in [0.1, 0.15) is 22.4 Å². The Labute approximate surface area is 122 Å². The molecule has 2 rings (SSSR count). The molecule has 0 unspecified atom stereocenters. The van der Waals surface area contributed by atoms with Gasteiger partial charge in [-0.2, -0.15) is 0 Å². The second-order valence-electron chi connectivity index (χ2n) is 4.77. The van der Waals surface area contributed by atoms with Gasteiger partial charge in [0.25, 0.3) is 0 Å². The first kappa shape index (κ1) is 14.5. The van der Waals surface area contributed by atoms with Gasteiger partial charge in [0.15, 0.2) is 5.13 Å². The van der Waals surface area contributed by atoms with E-state index in [0.29, 0.717) is 11.6 Å². The van der Waals surface area contributed by atoms with Crippen LogP contribution >= 0.6 is 11.3 Å². The quantitative estimate of drug-likeness (QED) is 0.940. The van der Waals surface area contributed by atoms with Crippen LogP contribution in [0.15, 0.2) is 17.5 Å². The Morgan fingerprint density at radius 3 is 2.65 bits per heavy atom. The SMILES string of the molecule is COc1cc(C)c(CC(=O)Nc2nc(C)cs2)cc1C. The van der Waals surface area contributed by atoms with Gasteiger partial charge in [-0.15, -0.1) is 11.3 Å². The van der Waals surface area contributed by atoms with Gasteiger partial charge in [-0.3, -0.25) is 4.79 Å². The lowest BCUT2D eigenvalue weighted by atomic mass is 10.0. The van der Waals surface area contributed by atoms with Crippen molar-refractivity contribution in [1.82, 2.24) is 4.98 Å². The monoisotopic (exact) mass is 290 g/mol. The van der Waals surface area contributed by atoms with Crippen LogP contribution in [0.25, 0.3) is 0 Å². The molecule has 4 nitrogen and oxygen atoms in total. The van der Waals surface area contributed by atoms with Gasteiger partial charge >= 0.3 is 0 Å². The van der Waals surface area contributed by atoms with E-state index in [-0.39, 0.29) is 5.91 Å². The maximum atomic E-state index is 12.0. The van der Waals surface area contributed by atoms with Crippen molar-refractivity contribution in [3.05, 3.63) is 39.9 Å². The van der Waals surface area contributed by atoms with Crippen molar-refractivity contribution in [2.45, 2.75) is 27.2 Å². The van der Waals surface area contributed by atoms with E-state index < -0.39 is 0 Å². The van der Waals surface area contributed by atoms with Crippen molar-refractivity contribution in [2.75, 3.05) is 12.4 Å². The Hall–Kier alpha value is -1.88. The fourth-order valence-electron chi connectivity index (χ4n) is 2.01. The number of ether oxygens (including phenoxy) is 1. The highest BCUT2D eigenvalue weighted by Crippen LogP contribution is 2.23. The summed E-state index contributed by atoms with van der Waals surface area (Å²) in [5.41, 5.74) is 4.01. The number of aryl methyl sites for hydroxylation is 3. The number of thiazole rings is 1. The molecule has 20 heavy (non-hydrogen) atoms. The molecular formula is C15H18N2O2S. The van der Waals surface area contributed by atoms with Crippen LogP contribution in [0.4, 0.5) is 5.13 Å². The van der Waals surface area contributed by atoms with E-state index >= 15 is 0 Å². The Morgan fingerprint density at radius 2 is 2.05 bits per heavy atom. The zero-order chi connectivity index (χ0) is 14.7. The number of methoxy groups -OCH3 is 1. The average molecular weight is 290 g/mol. The number of anilines is 1. The fourth-order valence-corrected chi connectivity index (χ4v) is 2.71. The highest BCUT2D eigenvalue weighted by Gasteiger charge is 2.10. The van der Waals surface area contributed by atoms with Gasteiger partial charge in [-0.25, -0.2) is 4.98 Å². The highest BCUT2D eigenvalue weighted by atomic mass is 32.1. The Bertz CT molecular complexity index is 635. The lowest BCUT2D eigenvalue weighted by Gasteiger charge is -2.11. The summed E-state index contributed by atoms with van der Waals surface area (Å²) in [5, 5.41) is 5.39. The molecule has 0 spiro atoms. The number of benzene rings is 1. The number of nitrogens with one attached hydrogen (secondary N) is 1. The number of carbonyl (C=O) groups excluding carboxylic acids is 1. The lowest BCUT2D eigenvalue weighted by molar-refractivity contribution is -0.115. The molecule has 1 aromatic carbocycles. The van der Waals surface area contributed by atoms with Gasteiger partial charge < -0.3 is 10.1 Å². The summed E-state index contributed by atoms with van der Waals surface area (Å²) in [5.74, 6) is 0.800. The van der Waals surface area contributed by atoms with Gasteiger partial charge in [0.1, 0.15) is 5.75 Å². The van der Waals surface area contributed by atoms with E-state index in [1.54, 1.807) is 7.11 Å². The molecule has 0 aliphatic rings. The molecule has 1 N–H and O–H groups in total. The van der Waals surface area contributed by atoms with E-state index in [1.807, 2.05) is 38.3 Å². The van der Waals surface area contributed by atoms with E-state index in [1.165, 1.54) is 11.3 Å². The van der Waals surface area contributed by atoms with Crippen molar-refractivity contribution in [2.24, 2.45) is 0 Å². The van der Waals surface area contributed by atoms with Crippen LogP contribution in [0, 0.1) is 20.8 Å². The molecule has 0 bridgehead atoms. The molecule has 2 aromatic rings. The van der Waals surface area contributed by atoms with Crippen molar-refractivity contribution < 1.29 is 9.53 Å². The smallest absolute Gasteiger partial charge is 0.230 e. The highest BCUT2D eigenvalue weighted by molar-refractivity contribution is 7.13. The van der Waals surface area contributed by atoms with Crippen molar-refractivity contribution in [1.29, 1.82) is 0 Å². The standard InChI is InChI=1S/C15H18N2O2S/c1-9-6-13(19-4)10(2)5-12(9)7-14(18)17-15-16-11(3)8-20-15/h5-6,8H,7H2,1-4H3,(H,16,17,18). The zero-order valence-corrected chi connectivity index (χ0v) is 12.9. The van der Waals surface area contributed by atoms with Gasteiger partial charge in [0.05, 0.1) is 19.2 Å². The van der Waals surface area contributed by atoms with Crippen LogP contribution in [0.5, 0.6) is 5.75 Å². The maximum absolute atomic E-state index is 12.0. The summed E-state index contributed by atoms with van der Waals surface area (Å²) < 4.78 is 5.28. The van der Waals surface area contributed by atoms with E-state index in [2.05, 4.69) is 10.3 Å². The van der Waals surface area contributed by atoms with E-state index in [0.717, 1.165) is 28.1 Å². The predicted octanol–water partition coefficient (Wildman–Crippen LogP) is 3.26. The molecule has 0 saturated heterocycles.